The maximum atomic E-state index is 12.0. The molecule has 0 bridgehead atoms. The van der Waals surface area contributed by atoms with E-state index in [0.717, 1.165) is 24.8 Å². The third-order valence-corrected chi connectivity index (χ3v) is 2.78. The first-order valence-electron chi connectivity index (χ1n) is 6.16. The van der Waals surface area contributed by atoms with Crippen LogP contribution in [-0.4, -0.2) is 11.9 Å². The first kappa shape index (κ1) is 13.5. The van der Waals surface area contributed by atoms with E-state index in [9.17, 15) is 4.79 Å². The lowest BCUT2D eigenvalue weighted by molar-refractivity contribution is 0.0940. The fourth-order valence-electron chi connectivity index (χ4n) is 1.68. The summed E-state index contributed by atoms with van der Waals surface area (Å²) in [5, 5.41) is 3.03. The number of rotatable bonds is 6. The number of hydrogen-bond donors (Lipinski definition) is 1. The van der Waals surface area contributed by atoms with E-state index in [1.165, 1.54) is 0 Å². The Morgan fingerprint density at radius 1 is 1.35 bits per heavy atom. The fourth-order valence-corrected chi connectivity index (χ4v) is 1.68. The Balaban J connectivity index is 2.61. The Kier molecular flexibility index (Phi) is 5.47. The summed E-state index contributed by atoms with van der Waals surface area (Å²) in [5.74, 6) is -0.0188. The number of hydrogen-bond acceptors (Lipinski definition) is 1. The molecule has 0 aliphatic carbocycles. The minimum Gasteiger partial charge on any atom is -0.346 e. The normalized spacial score (nSPS) is 11.9. The van der Waals surface area contributed by atoms with Gasteiger partial charge in [-0.25, -0.2) is 0 Å². The SMILES string of the molecule is C=C(C)C(CCCC)NC(=O)c1ccccc1. The Morgan fingerprint density at radius 2 is 2.00 bits per heavy atom. The maximum absolute atomic E-state index is 12.0. The van der Waals surface area contributed by atoms with Crippen molar-refractivity contribution in [2.45, 2.75) is 39.2 Å². The number of benzene rings is 1. The molecule has 2 nitrogen and oxygen atoms in total. The highest BCUT2D eigenvalue weighted by Gasteiger charge is 2.13. The van der Waals surface area contributed by atoms with E-state index in [2.05, 4.69) is 18.8 Å². The van der Waals surface area contributed by atoms with Gasteiger partial charge in [-0.3, -0.25) is 4.79 Å². The first-order valence-corrected chi connectivity index (χ1v) is 6.16. The number of amides is 1. The summed E-state index contributed by atoms with van der Waals surface area (Å²) in [6.45, 7) is 8.05. The van der Waals surface area contributed by atoms with E-state index < -0.39 is 0 Å². The van der Waals surface area contributed by atoms with Crippen molar-refractivity contribution < 1.29 is 4.79 Å². The molecule has 1 atom stereocenters. The van der Waals surface area contributed by atoms with Crippen LogP contribution in [-0.2, 0) is 0 Å². The molecule has 1 rings (SSSR count). The summed E-state index contributed by atoms with van der Waals surface area (Å²) in [4.78, 5) is 12.0. The molecule has 0 aliphatic heterocycles. The van der Waals surface area contributed by atoms with Gasteiger partial charge in [0.1, 0.15) is 0 Å². The summed E-state index contributed by atoms with van der Waals surface area (Å²) < 4.78 is 0. The van der Waals surface area contributed by atoms with Gasteiger partial charge < -0.3 is 5.32 Å². The Bertz CT molecular complexity index is 370. The predicted octanol–water partition coefficient (Wildman–Crippen LogP) is 3.55. The standard InChI is InChI=1S/C15H21NO/c1-4-5-11-14(12(2)3)16-15(17)13-9-7-6-8-10-13/h6-10,14H,2,4-5,11H2,1,3H3,(H,16,17). The Labute approximate surface area is 104 Å². The number of unbranched alkanes of at least 4 members (excludes halogenated alkanes) is 1. The molecule has 1 amide bonds. The van der Waals surface area contributed by atoms with Crippen LogP contribution in [0.5, 0.6) is 0 Å². The van der Waals surface area contributed by atoms with Crippen molar-refractivity contribution in [3.8, 4) is 0 Å². The molecule has 0 fully saturated rings. The first-order chi connectivity index (χ1) is 8.15. The van der Waals surface area contributed by atoms with Crippen LogP contribution in [0.3, 0.4) is 0 Å². The minimum absolute atomic E-state index is 0.0188. The lowest BCUT2D eigenvalue weighted by Gasteiger charge is -2.18. The monoisotopic (exact) mass is 231 g/mol. The van der Waals surface area contributed by atoms with E-state index in [0.29, 0.717) is 5.56 Å². The van der Waals surface area contributed by atoms with E-state index in [-0.39, 0.29) is 11.9 Å². The quantitative estimate of drug-likeness (QED) is 0.745. The van der Waals surface area contributed by atoms with Gasteiger partial charge in [-0.15, -0.1) is 0 Å². The molecule has 2 heteroatoms. The number of carbonyl (C=O) groups excluding carboxylic acids is 1. The molecule has 0 spiro atoms. The molecule has 0 heterocycles. The van der Waals surface area contributed by atoms with Crippen LogP contribution >= 0.6 is 0 Å². The van der Waals surface area contributed by atoms with E-state index in [1.54, 1.807) is 0 Å². The van der Waals surface area contributed by atoms with Gasteiger partial charge in [-0.05, 0) is 25.5 Å². The smallest absolute Gasteiger partial charge is 0.251 e. The minimum atomic E-state index is -0.0188. The van der Waals surface area contributed by atoms with Crippen molar-refractivity contribution in [2.24, 2.45) is 0 Å². The molecule has 0 aromatic heterocycles. The van der Waals surface area contributed by atoms with E-state index in [4.69, 9.17) is 0 Å². The predicted molar refractivity (Wildman–Crippen MR) is 72.0 cm³/mol. The van der Waals surface area contributed by atoms with Crippen LogP contribution in [0.4, 0.5) is 0 Å². The largest absolute Gasteiger partial charge is 0.346 e. The highest BCUT2D eigenvalue weighted by Crippen LogP contribution is 2.09. The molecule has 1 unspecified atom stereocenters. The summed E-state index contributed by atoms with van der Waals surface area (Å²) in [6.07, 6.45) is 3.20. The molecular formula is C15H21NO. The summed E-state index contributed by atoms with van der Waals surface area (Å²) in [7, 11) is 0. The van der Waals surface area contributed by atoms with E-state index >= 15 is 0 Å². The third kappa shape index (κ3) is 4.43. The number of nitrogens with one attached hydrogen (secondary N) is 1. The summed E-state index contributed by atoms with van der Waals surface area (Å²) >= 11 is 0. The van der Waals surface area contributed by atoms with Crippen molar-refractivity contribution in [3.63, 3.8) is 0 Å². The molecule has 0 radical (unpaired) electrons. The highest BCUT2D eigenvalue weighted by molar-refractivity contribution is 5.94. The van der Waals surface area contributed by atoms with Gasteiger partial charge in [0.15, 0.2) is 0 Å². The molecule has 1 N–H and O–H groups in total. The molecule has 1 aromatic carbocycles. The molecule has 0 saturated heterocycles. The van der Waals surface area contributed by atoms with E-state index in [1.807, 2.05) is 37.3 Å². The lowest BCUT2D eigenvalue weighted by atomic mass is 10.0. The van der Waals surface area contributed by atoms with Crippen molar-refractivity contribution in [1.29, 1.82) is 0 Å². The zero-order valence-corrected chi connectivity index (χ0v) is 10.7. The molecule has 17 heavy (non-hydrogen) atoms. The van der Waals surface area contributed by atoms with Crippen molar-refractivity contribution in [1.82, 2.24) is 5.32 Å². The lowest BCUT2D eigenvalue weighted by Crippen LogP contribution is -2.35. The van der Waals surface area contributed by atoms with Gasteiger partial charge in [-0.1, -0.05) is 50.1 Å². The van der Waals surface area contributed by atoms with Gasteiger partial charge in [-0.2, -0.15) is 0 Å². The molecule has 0 aliphatic rings. The topological polar surface area (TPSA) is 29.1 Å². The summed E-state index contributed by atoms with van der Waals surface area (Å²) in [5.41, 5.74) is 1.72. The zero-order chi connectivity index (χ0) is 12.7. The third-order valence-electron chi connectivity index (χ3n) is 2.78. The summed E-state index contributed by atoms with van der Waals surface area (Å²) in [6, 6.07) is 9.38. The van der Waals surface area contributed by atoms with Crippen LogP contribution in [0.25, 0.3) is 0 Å². The van der Waals surface area contributed by atoms with Crippen LogP contribution in [0.2, 0.25) is 0 Å². The molecule has 1 aromatic rings. The second-order valence-corrected chi connectivity index (χ2v) is 4.38. The highest BCUT2D eigenvalue weighted by atomic mass is 16.1. The van der Waals surface area contributed by atoms with Gasteiger partial charge in [0.2, 0.25) is 0 Å². The van der Waals surface area contributed by atoms with Crippen LogP contribution in [0.1, 0.15) is 43.5 Å². The average molecular weight is 231 g/mol. The van der Waals surface area contributed by atoms with Crippen LogP contribution in [0, 0.1) is 0 Å². The maximum Gasteiger partial charge on any atom is 0.251 e. The van der Waals surface area contributed by atoms with Gasteiger partial charge >= 0.3 is 0 Å². The second kappa shape index (κ2) is 6.89. The van der Waals surface area contributed by atoms with Crippen LogP contribution in [0.15, 0.2) is 42.5 Å². The van der Waals surface area contributed by atoms with Crippen LogP contribution < -0.4 is 5.32 Å². The van der Waals surface area contributed by atoms with Crippen molar-refractivity contribution >= 4 is 5.91 Å². The average Bonchev–Trinajstić information content (AvgIpc) is 2.35. The Morgan fingerprint density at radius 3 is 2.53 bits per heavy atom. The van der Waals surface area contributed by atoms with Crippen molar-refractivity contribution in [2.75, 3.05) is 0 Å². The Hall–Kier alpha value is -1.57. The molecular weight excluding hydrogens is 210 g/mol. The van der Waals surface area contributed by atoms with Gasteiger partial charge in [0, 0.05) is 11.6 Å². The molecule has 92 valence electrons. The molecule has 0 saturated carbocycles. The number of carbonyl (C=O) groups is 1. The zero-order valence-electron chi connectivity index (χ0n) is 10.7. The van der Waals surface area contributed by atoms with Gasteiger partial charge in [0.25, 0.3) is 5.91 Å². The van der Waals surface area contributed by atoms with Crippen molar-refractivity contribution in [3.05, 3.63) is 48.0 Å². The fraction of sp³-hybridized carbons (Fsp3) is 0.400. The second-order valence-electron chi connectivity index (χ2n) is 4.38. The van der Waals surface area contributed by atoms with Gasteiger partial charge in [0.05, 0.1) is 0 Å².